The molecular weight excluding hydrogens is 314 g/mol. The second kappa shape index (κ2) is 7.35. The smallest absolute Gasteiger partial charge is 0.305 e. The van der Waals surface area contributed by atoms with Crippen molar-refractivity contribution < 1.29 is 19.0 Å². The molecule has 0 aliphatic carbocycles. The molecule has 1 aromatic carbocycles. The Balaban J connectivity index is 2.93. The van der Waals surface area contributed by atoms with E-state index in [1.807, 2.05) is 6.07 Å². The maximum atomic E-state index is 11.1. The Morgan fingerprint density at radius 1 is 1.32 bits per heavy atom. The Morgan fingerprint density at radius 2 is 2.00 bits per heavy atom. The van der Waals surface area contributed by atoms with Crippen LogP contribution in [0.3, 0.4) is 0 Å². The maximum Gasteiger partial charge on any atom is 0.305 e. The van der Waals surface area contributed by atoms with Crippen LogP contribution in [-0.4, -0.2) is 27.3 Å². The summed E-state index contributed by atoms with van der Waals surface area (Å²) >= 11 is 3.42. The molecule has 1 aromatic rings. The lowest BCUT2D eigenvalue weighted by molar-refractivity contribution is -0.140. The normalized spacial score (nSPS) is 11.8. The van der Waals surface area contributed by atoms with Gasteiger partial charge in [0.05, 0.1) is 21.3 Å². The molecule has 1 unspecified atom stereocenters. The van der Waals surface area contributed by atoms with Crippen molar-refractivity contribution in [3.8, 4) is 11.5 Å². The summed E-state index contributed by atoms with van der Waals surface area (Å²) in [6.07, 6.45) is 0.756. The Bertz CT molecular complexity index is 451. The van der Waals surface area contributed by atoms with Crippen LogP contribution in [0.15, 0.2) is 16.6 Å². The molecular formula is C13H18BrNO4. The average Bonchev–Trinajstić information content (AvgIpc) is 2.43. The fourth-order valence-electron chi connectivity index (χ4n) is 1.74. The van der Waals surface area contributed by atoms with Gasteiger partial charge in [0.15, 0.2) is 0 Å². The lowest BCUT2D eigenvalue weighted by atomic mass is 10.0. The second-order valence-electron chi connectivity index (χ2n) is 3.93. The average molecular weight is 332 g/mol. The second-order valence-corrected chi connectivity index (χ2v) is 4.72. The molecule has 0 fully saturated rings. The van der Waals surface area contributed by atoms with Gasteiger partial charge in [-0.2, -0.15) is 0 Å². The molecule has 2 N–H and O–H groups in total. The molecule has 106 valence electrons. The van der Waals surface area contributed by atoms with E-state index in [4.69, 9.17) is 15.2 Å². The summed E-state index contributed by atoms with van der Waals surface area (Å²) in [7, 11) is 4.50. The van der Waals surface area contributed by atoms with E-state index in [9.17, 15) is 4.79 Å². The Labute approximate surface area is 121 Å². The molecule has 0 aromatic heterocycles. The minimum atomic E-state index is -0.309. The molecule has 0 aliphatic heterocycles. The highest BCUT2D eigenvalue weighted by Gasteiger charge is 2.18. The van der Waals surface area contributed by atoms with Crippen molar-refractivity contribution in [2.24, 2.45) is 5.73 Å². The van der Waals surface area contributed by atoms with Crippen molar-refractivity contribution in [3.05, 3.63) is 22.2 Å². The van der Waals surface area contributed by atoms with Crippen LogP contribution in [0.4, 0.5) is 0 Å². The highest BCUT2D eigenvalue weighted by atomic mass is 79.9. The highest BCUT2D eigenvalue weighted by molar-refractivity contribution is 9.10. The quantitative estimate of drug-likeness (QED) is 0.810. The van der Waals surface area contributed by atoms with Crippen LogP contribution in [0.25, 0.3) is 0 Å². The zero-order valence-corrected chi connectivity index (χ0v) is 12.8. The number of hydrogen-bond donors (Lipinski definition) is 1. The molecule has 0 radical (unpaired) electrons. The number of esters is 1. The fourth-order valence-corrected chi connectivity index (χ4v) is 2.43. The van der Waals surface area contributed by atoms with Gasteiger partial charge in [0.2, 0.25) is 0 Å². The van der Waals surface area contributed by atoms with Crippen molar-refractivity contribution in [2.45, 2.75) is 18.9 Å². The molecule has 5 nitrogen and oxygen atoms in total. The van der Waals surface area contributed by atoms with Gasteiger partial charge in [-0.3, -0.25) is 4.79 Å². The van der Waals surface area contributed by atoms with Crippen LogP contribution in [0, 0.1) is 0 Å². The van der Waals surface area contributed by atoms with E-state index < -0.39 is 0 Å². The first-order valence-electron chi connectivity index (χ1n) is 5.77. The van der Waals surface area contributed by atoms with Crippen LogP contribution >= 0.6 is 15.9 Å². The van der Waals surface area contributed by atoms with E-state index in [1.165, 1.54) is 7.11 Å². The number of halogens is 1. The van der Waals surface area contributed by atoms with Crippen LogP contribution in [0.5, 0.6) is 11.5 Å². The molecule has 19 heavy (non-hydrogen) atoms. The van der Waals surface area contributed by atoms with Crippen LogP contribution in [0.1, 0.15) is 24.4 Å². The Morgan fingerprint density at radius 3 is 2.53 bits per heavy atom. The van der Waals surface area contributed by atoms with Gasteiger partial charge in [-0.25, -0.2) is 0 Å². The molecule has 1 rings (SSSR count). The number of nitrogens with two attached hydrogens (primary N) is 1. The molecule has 0 amide bonds. The van der Waals surface area contributed by atoms with Crippen molar-refractivity contribution >= 4 is 21.9 Å². The third-order valence-electron chi connectivity index (χ3n) is 2.80. The van der Waals surface area contributed by atoms with E-state index in [2.05, 4.69) is 20.7 Å². The molecule has 0 bridgehead atoms. The zero-order valence-electron chi connectivity index (χ0n) is 11.2. The summed E-state index contributed by atoms with van der Waals surface area (Å²) in [6, 6.07) is 3.33. The van der Waals surface area contributed by atoms with Crippen molar-refractivity contribution in [1.82, 2.24) is 0 Å². The number of ether oxygens (including phenoxy) is 3. The molecule has 0 heterocycles. The van der Waals surface area contributed by atoms with E-state index >= 15 is 0 Å². The van der Waals surface area contributed by atoms with E-state index in [-0.39, 0.29) is 18.4 Å². The van der Waals surface area contributed by atoms with Gasteiger partial charge < -0.3 is 19.9 Å². The topological polar surface area (TPSA) is 70.8 Å². The summed E-state index contributed by atoms with van der Waals surface area (Å²) in [6.45, 7) is 0. The summed E-state index contributed by atoms with van der Waals surface area (Å²) < 4.78 is 15.9. The highest BCUT2D eigenvalue weighted by Crippen LogP contribution is 2.39. The first-order valence-corrected chi connectivity index (χ1v) is 6.57. The number of methoxy groups -OCH3 is 3. The maximum absolute atomic E-state index is 11.1. The Kier molecular flexibility index (Phi) is 6.11. The number of hydrogen-bond acceptors (Lipinski definition) is 5. The monoisotopic (exact) mass is 331 g/mol. The van der Waals surface area contributed by atoms with E-state index in [1.54, 1.807) is 20.3 Å². The van der Waals surface area contributed by atoms with Crippen LogP contribution in [0.2, 0.25) is 0 Å². The van der Waals surface area contributed by atoms with Crippen molar-refractivity contribution in [3.63, 3.8) is 0 Å². The lowest BCUT2D eigenvalue weighted by Gasteiger charge is -2.18. The standard InChI is InChI=1S/C13H18BrNO4/c1-17-10-6-4-8(13(19-3)12(10)14)9(15)5-7-11(16)18-2/h4,6,9H,5,7,15H2,1-3H3. The van der Waals surface area contributed by atoms with E-state index in [0.717, 1.165) is 5.56 Å². The molecule has 0 saturated carbocycles. The zero-order chi connectivity index (χ0) is 14.4. The third-order valence-corrected chi connectivity index (χ3v) is 3.55. The Hall–Kier alpha value is -1.27. The molecule has 6 heteroatoms. The number of benzene rings is 1. The van der Waals surface area contributed by atoms with Crippen molar-refractivity contribution in [2.75, 3.05) is 21.3 Å². The minimum Gasteiger partial charge on any atom is -0.495 e. The molecule has 0 saturated heterocycles. The van der Waals surface area contributed by atoms with E-state index in [0.29, 0.717) is 22.4 Å². The number of carbonyl (C=O) groups is 1. The SMILES string of the molecule is COC(=O)CCC(N)c1ccc(OC)c(Br)c1OC. The molecule has 0 aliphatic rings. The molecule has 1 atom stereocenters. The van der Waals surface area contributed by atoms with Gasteiger partial charge in [0.25, 0.3) is 0 Å². The van der Waals surface area contributed by atoms with Crippen LogP contribution in [-0.2, 0) is 9.53 Å². The fraction of sp³-hybridized carbons (Fsp3) is 0.462. The van der Waals surface area contributed by atoms with Gasteiger partial charge in [0, 0.05) is 18.0 Å². The van der Waals surface area contributed by atoms with Gasteiger partial charge in [-0.1, -0.05) is 0 Å². The predicted octanol–water partition coefficient (Wildman–Crippen LogP) is 2.42. The summed E-state index contributed by atoms with van der Waals surface area (Å²) in [5.74, 6) is 1.01. The van der Waals surface area contributed by atoms with Gasteiger partial charge in [0.1, 0.15) is 16.0 Å². The predicted molar refractivity (Wildman–Crippen MR) is 75.4 cm³/mol. The molecule has 0 spiro atoms. The van der Waals surface area contributed by atoms with Crippen molar-refractivity contribution in [1.29, 1.82) is 0 Å². The first kappa shape index (κ1) is 15.8. The van der Waals surface area contributed by atoms with Crippen LogP contribution < -0.4 is 15.2 Å². The van der Waals surface area contributed by atoms with Gasteiger partial charge in [-0.05, 0) is 34.5 Å². The first-order chi connectivity index (χ1) is 9.04. The summed E-state index contributed by atoms with van der Waals surface area (Å²) in [4.78, 5) is 11.1. The third kappa shape index (κ3) is 3.84. The number of carbonyl (C=O) groups excluding carboxylic acids is 1. The summed E-state index contributed by atoms with van der Waals surface area (Å²) in [5.41, 5.74) is 6.90. The number of rotatable bonds is 6. The largest absolute Gasteiger partial charge is 0.495 e. The summed E-state index contributed by atoms with van der Waals surface area (Å²) in [5, 5.41) is 0. The van der Waals surface area contributed by atoms with Gasteiger partial charge >= 0.3 is 5.97 Å². The lowest BCUT2D eigenvalue weighted by Crippen LogP contribution is -2.14. The minimum absolute atomic E-state index is 0.268. The van der Waals surface area contributed by atoms with Gasteiger partial charge in [-0.15, -0.1) is 0 Å².